The Morgan fingerprint density at radius 2 is 2.25 bits per heavy atom. The summed E-state index contributed by atoms with van der Waals surface area (Å²) >= 11 is 2.18. The van der Waals surface area contributed by atoms with Gasteiger partial charge >= 0.3 is 0 Å². The number of hydrogen-bond acceptors (Lipinski definition) is 0. The summed E-state index contributed by atoms with van der Waals surface area (Å²) in [4.78, 5) is 0. The van der Waals surface area contributed by atoms with E-state index in [4.69, 9.17) is 0 Å². The van der Waals surface area contributed by atoms with Gasteiger partial charge in [0.1, 0.15) is 0 Å². The molecular weight excluding hydrogens is 211 g/mol. The van der Waals surface area contributed by atoms with Gasteiger partial charge in [0.05, 0.1) is 0 Å². The van der Waals surface area contributed by atoms with Gasteiger partial charge in [-0.3, -0.25) is 0 Å². The van der Waals surface area contributed by atoms with Crippen LogP contribution in [0.4, 0.5) is 0 Å². The SMILES string of the molecule is C=C/C(C)=C\C=C/I. The van der Waals surface area contributed by atoms with Gasteiger partial charge in [0, 0.05) is 0 Å². The zero-order chi connectivity index (χ0) is 6.41. The normalized spacial score (nSPS) is 12.5. The van der Waals surface area contributed by atoms with Gasteiger partial charge in [-0.2, -0.15) is 0 Å². The van der Waals surface area contributed by atoms with Gasteiger partial charge in [0.2, 0.25) is 0 Å². The van der Waals surface area contributed by atoms with Gasteiger partial charge in [-0.15, -0.1) is 0 Å². The Labute approximate surface area is 64.1 Å². The topological polar surface area (TPSA) is 0 Å². The van der Waals surface area contributed by atoms with E-state index in [2.05, 4.69) is 29.2 Å². The quantitative estimate of drug-likeness (QED) is 0.495. The fourth-order valence-electron chi connectivity index (χ4n) is 0.256. The van der Waals surface area contributed by atoms with Crippen LogP contribution in [0.2, 0.25) is 0 Å². The minimum atomic E-state index is 1.19. The van der Waals surface area contributed by atoms with Crippen LogP contribution in [0.15, 0.2) is 34.5 Å². The average molecular weight is 220 g/mol. The van der Waals surface area contributed by atoms with E-state index in [0.29, 0.717) is 0 Å². The summed E-state index contributed by atoms with van der Waals surface area (Å²) in [5.41, 5.74) is 1.19. The third-order valence-corrected chi connectivity index (χ3v) is 1.17. The monoisotopic (exact) mass is 220 g/mol. The van der Waals surface area contributed by atoms with Crippen molar-refractivity contribution in [1.82, 2.24) is 0 Å². The van der Waals surface area contributed by atoms with Crippen molar-refractivity contribution < 1.29 is 0 Å². The van der Waals surface area contributed by atoms with Crippen LogP contribution < -0.4 is 0 Å². The fraction of sp³-hybridized carbons (Fsp3) is 0.143. The molecule has 0 fully saturated rings. The molecule has 0 N–H and O–H groups in total. The first-order valence-electron chi connectivity index (χ1n) is 2.37. The molecule has 8 heavy (non-hydrogen) atoms. The van der Waals surface area contributed by atoms with E-state index in [1.165, 1.54) is 5.57 Å². The highest BCUT2D eigenvalue weighted by Crippen LogP contribution is 1.93. The average Bonchev–Trinajstić information content (AvgIpc) is 1.83. The van der Waals surface area contributed by atoms with Crippen molar-refractivity contribution in [3.63, 3.8) is 0 Å². The molecule has 0 saturated carbocycles. The summed E-state index contributed by atoms with van der Waals surface area (Å²) in [6, 6.07) is 0. The second-order valence-corrected chi connectivity index (χ2v) is 2.15. The first-order chi connectivity index (χ1) is 3.81. The predicted octanol–water partition coefficient (Wildman–Crippen LogP) is 3.07. The molecule has 0 radical (unpaired) electrons. The smallest absolute Gasteiger partial charge is 0.0234 e. The van der Waals surface area contributed by atoms with Crippen molar-refractivity contribution >= 4 is 22.6 Å². The number of rotatable bonds is 2. The van der Waals surface area contributed by atoms with Crippen LogP contribution in [-0.2, 0) is 0 Å². The number of halogens is 1. The lowest BCUT2D eigenvalue weighted by Gasteiger charge is -1.81. The second-order valence-electron chi connectivity index (χ2n) is 1.43. The molecule has 0 bridgehead atoms. The van der Waals surface area contributed by atoms with Gasteiger partial charge < -0.3 is 0 Å². The number of hydrogen-bond donors (Lipinski definition) is 0. The van der Waals surface area contributed by atoms with Gasteiger partial charge in [-0.1, -0.05) is 53.0 Å². The van der Waals surface area contributed by atoms with Crippen molar-refractivity contribution in [2.75, 3.05) is 0 Å². The molecule has 0 rings (SSSR count). The molecule has 0 heterocycles. The second kappa shape index (κ2) is 5.09. The molecule has 0 aliphatic carbocycles. The highest BCUT2D eigenvalue weighted by atomic mass is 127. The van der Waals surface area contributed by atoms with E-state index < -0.39 is 0 Å². The molecule has 0 nitrogen and oxygen atoms in total. The Morgan fingerprint density at radius 3 is 2.62 bits per heavy atom. The molecule has 0 aromatic carbocycles. The van der Waals surface area contributed by atoms with Crippen LogP contribution in [0.5, 0.6) is 0 Å². The van der Waals surface area contributed by atoms with Crippen LogP contribution >= 0.6 is 22.6 Å². The van der Waals surface area contributed by atoms with Crippen molar-refractivity contribution in [3.8, 4) is 0 Å². The maximum atomic E-state index is 3.61. The Kier molecular flexibility index (Phi) is 5.06. The van der Waals surface area contributed by atoms with Gasteiger partial charge in [0.15, 0.2) is 0 Å². The molecule has 0 saturated heterocycles. The zero-order valence-electron chi connectivity index (χ0n) is 4.89. The van der Waals surface area contributed by atoms with Gasteiger partial charge in [-0.05, 0) is 11.0 Å². The molecule has 0 amide bonds. The summed E-state index contributed by atoms with van der Waals surface area (Å²) < 4.78 is 1.96. The molecule has 0 atom stereocenters. The first-order valence-corrected chi connectivity index (χ1v) is 3.62. The van der Waals surface area contributed by atoms with E-state index in [0.717, 1.165) is 0 Å². The summed E-state index contributed by atoms with van der Waals surface area (Å²) in [5.74, 6) is 0. The Balaban J connectivity index is 3.74. The van der Waals surface area contributed by atoms with E-state index in [1.807, 2.05) is 29.2 Å². The van der Waals surface area contributed by atoms with Crippen molar-refractivity contribution in [2.24, 2.45) is 0 Å². The minimum absolute atomic E-state index is 1.19. The van der Waals surface area contributed by atoms with Crippen LogP contribution in [-0.4, -0.2) is 0 Å². The molecule has 0 aromatic heterocycles. The predicted molar refractivity (Wildman–Crippen MR) is 47.1 cm³/mol. The molecule has 0 aliphatic rings. The lowest BCUT2D eigenvalue weighted by atomic mass is 10.3. The summed E-state index contributed by atoms with van der Waals surface area (Å²) in [7, 11) is 0. The highest BCUT2D eigenvalue weighted by Gasteiger charge is 1.70. The molecular formula is C7H9I. The molecule has 1 heteroatoms. The Bertz CT molecular complexity index is 120. The Morgan fingerprint density at radius 1 is 1.62 bits per heavy atom. The fourth-order valence-corrected chi connectivity index (χ4v) is 0.464. The Hall–Kier alpha value is -0.0500. The van der Waals surface area contributed by atoms with Crippen molar-refractivity contribution in [1.29, 1.82) is 0 Å². The van der Waals surface area contributed by atoms with Crippen molar-refractivity contribution in [3.05, 3.63) is 34.5 Å². The molecule has 0 unspecified atom stereocenters. The third kappa shape index (κ3) is 4.12. The lowest BCUT2D eigenvalue weighted by Crippen LogP contribution is -1.59. The third-order valence-electron chi connectivity index (χ3n) is 0.754. The van der Waals surface area contributed by atoms with E-state index in [1.54, 1.807) is 0 Å². The van der Waals surface area contributed by atoms with E-state index >= 15 is 0 Å². The van der Waals surface area contributed by atoms with Crippen LogP contribution in [0.1, 0.15) is 6.92 Å². The molecule has 0 aliphatic heterocycles. The van der Waals surface area contributed by atoms with Gasteiger partial charge in [-0.25, -0.2) is 0 Å². The molecule has 0 aromatic rings. The molecule has 44 valence electrons. The standard InChI is InChI=1S/C7H9I/c1-3-7(2)5-4-6-8/h3-6H,1H2,2H3/b6-4-,7-5-. The highest BCUT2D eigenvalue weighted by molar-refractivity contribution is 14.1. The van der Waals surface area contributed by atoms with Crippen molar-refractivity contribution in [2.45, 2.75) is 6.92 Å². The largest absolute Gasteiger partial charge is 0.0988 e. The first kappa shape index (κ1) is 7.95. The maximum absolute atomic E-state index is 3.61. The summed E-state index contributed by atoms with van der Waals surface area (Å²) in [5, 5.41) is 0. The molecule has 0 spiro atoms. The lowest BCUT2D eigenvalue weighted by molar-refractivity contribution is 1.54. The summed E-state index contributed by atoms with van der Waals surface area (Å²) in [6.07, 6.45) is 5.83. The van der Waals surface area contributed by atoms with E-state index in [-0.39, 0.29) is 0 Å². The number of allylic oxidation sites excluding steroid dienone is 4. The van der Waals surface area contributed by atoms with Crippen LogP contribution in [0, 0.1) is 0 Å². The van der Waals surface area contributed by atoms with Gasteiger partial charge in [0.25, 0.3) is 0 Å². The summed E-state index contributed by atoms with van der Waals surface area (Å²) in [6.45, 7) is 5.63. The van der Waals surface area contributed by atoms with Crippen LogP contribution in [0.3, 0.4) is 0 Å². The van der Waals surface area contributed by atoms with Crippen LogP contribution in [0.25, 0.3) is 0 Å². The minimum Gasteiger partial charge on any atom is -0.0988 e. The maximum Gasteiger partial charge on any atom is -0.0234 e. The zero-order valence-corrected chi connectivity index (χ0v) is 7.05. The van der Waals surface area contributed by atoms with E-state index in [9.17, 15) is 0 Å².